The van der Waals surface area contributed by atoms with Crippen LogP contribution in [0.1, 0.15) is 63.7 Å². The van der Waals surface area contributed by atoms with E-state index in [1.807, 2.05) is 6.92 Å². The fourth-order valence-corrected chi connectivity index (χ4v) is 2.65. The Labute approximate surface area is 145 Å². The van der Waals surface area contributed by atoms with Gasteiger partial charge in [0.2, 0.25) is 0 Å². The van der Waals surface area contributed by atoms with Gasteiger partial charge in [0.25, 0.3) is 17.7 Å². The topological polar surface area (TPSA) is 92.8 Å². The summed E-state index contributed by atoms with van der Waals surface area (Å²) in [7, 11) is 0. The predicted molar refractivity (Wildman–Crippen MR) is 88.2 cm³/mol. The molecule has 132 valence electrons. The monoisotopic (exact) mass is 344 g/mol. The van der Waals surface area contributed by atoms with Crippen molar-refractivity contribution in [2.24, 2.45) is 0 Å². The number of rotatable bonds is 7. The average molecular weight is 344 g/mol. The van der Waals surface area contributed by atoms with Gasteiger partial charge >= 0.3 is 5.97 Å². The normalized spacial score (nSPS) is 16.0. The van der Waals surface area contributed by atoms with Crippen LogP contribution in [0.15, 0.2) is 18.2 Å². The summed E-state index contributed by atoms with van der Waals surface area (Å²) in [4.78, 5) is 49.5. The lowest BCUT2D eigenvalue weighted by molar-refractivity contribution is -0.124. The van der Waals surface area contributed by atoms with Crippen LogP contribution in [0.5, 0.6) is 0 Å². The van der Waals surface area contributed by atoms with E-state index in [0.717, 1.165) is 25.7 Å². The van der Waals surface area contributed by atoms with Gasteiger partial charge in [-0.2, -0.15) is 0 Å². The second-order valence-corrected chi connectivity index (χ2v) is 6.29. The molecule has 0 atom stereocenters. The lowest BCUT2D eigenvalue weighted by Gasteiger charge is -2.12. The molecule has 0 radical (unpaired) electrons. The molecule has 1 aromatic carbocycles. The van der Waals surface area contributed by atoms with Crippen molar-refractivity contribution in [1.29, 1.82) is 0 Å². The van der Waals surface area contributed by atoms with Crippen LogP contribution in [0.25, 0.3) is 0 Å². The zero-order valence-corrected chi connectivity index (χ0v) is 14.0. The van der Waals surface area contributed by atoms with Gasteiger partial charge in [-0.15, -0.1) is 0 Å². The van der Waals surface area contributed by atoms with Crippen LogP contribution in [0, 0.1) is 0 Å². The van der Waals surface area contributed by atoms with E-state index in [9.17, 15) is 19.2 Å². The van der Waals surface area contributed by atoms with Crippen molar-refractivity contribution in [1.82, 2.24) is 10.2 Å². The maximum Gasteiger partial charge on any atom is 0.338 e. The van der Waals surface area contributed by atoms with Crippen LogP contribution >= 0.6 is 0 Å². The molecule has 3 rings (SSSR count). The molecule has 3 amide bonds. The maximum atomic E-state index is 12.4. The molecule has 0 spiro atoms. The number of fused-ring (bicyclic) bond motifs is 1. The Bertz CT molecular complexity index is 739. The molecule has 0 aromatic heterocycles. The molecule has 0 unspecified atom stereocenters. The van der Waals surface area contributed by atoms with Crippen LogP contribution < -0.4 is 5.32 Å². The molecule has 1 fully saturated rings. The number of hydrogen-bond acceptors (Lipinski definition) is 5. The van der Waals surface area contributed by atoms with Crippen molar-refractivity contribution in [2.75, 3.05) is 13.2 Å². The van der Waals surface area contributed by atoms with Crippen molar-refractivity contribution in [3.63, 3.8) is 0 Å². The van der Waals surface area contributed by atoms with E-state index in [1.165, 1.54) is 23.1 Å². The third kappa shape index (κ3) is 3.70. The van der Waals surface area contributed by atoms with E-state index in [-0.39, 0.29) is 35.6 Å². The standard InChI is InChI=1S/C18H20N2O5/c1-2-3-8-20-16(22)13-7-4-11(9-14(13)17(20)23)18(24)25-10-15(21)19-12-5-6-12/h4,7,9,12H,2-3,5-6,8,10H2,1H3,(H,19,21). The molecule has 1 saturated carbocycles. The number of nitrogens with zero attached hydrogens (tertiary/aromatic N) is 1. The Balaban J connectivity index is 1.66. The van der Waals surface area contributed by atoms with Gasteiger partial charge in [0, 0.05) is 12.6 Å². The number of carbonyl (C=O) groups excluding carboxylic acids is 4. The number of carbonyl (C=O) groups is 4. The minimum absolute atomic E-state index is 0.150. The second-order valence-electron chi connectivity index (χ2n) is 6.29. The van der Waals surface area contributed by atoms with Crippen LogP contribution in [0.3, 0.4) is 0 Å². The van der Waals surface area contributed by atoms with Crippen LogP contribution in [-0.2, 0) is 9.53 Å². The second kappa shape index (κ2) is 7.04. The number of unbranched alkanes of at least 4 members (excludes halogenated alkanes) is 1. The maximum absolute atomic E-state index is 12.4. The van der Waals surface area contributed by atoms with E-state index in [2.05, 4.69) is 5.32 Å². The number of amides is 3. The summed E-state index contributed by atoms with van der Waals surface area (Å²) < 4.78 is 4.97. The van der Waals surface area contributed by atoms with Gasteiger partial charge in [-0.05, 0) is 37.5 Å². The van der Waals surface area contributed by atoms with Crippen molar-refractivity contribution < 1.29 is 23.9 Å². The van der Waals surface area contributed by atoms with Crippen LogP contribution in [0.2, 0.25) is 0 Å². The molecule has 1 aromatic rings. The molecule has 0 bridgehead atoms. The summed E-state index contributed by atoms with van der Waals surface area (Å²) in [6.45, 7) is 1.98. The van der Waals surface area contributed by atoms with E-state index in [4.69, 9.17) is 4.74 Å². The quantitative estimate of drug-likeness (QED) is 0.598. The Morgan fingerprint density at radius 1 is 1.20 bits per heavy atom. The highest BCUT2D eigenvalue weighted by Crippen LogP contribution is 2.24. The molecule has 7 nitrogen and oxygen atoms in total. The highest BCUT2D eigenvalue weighted by molar-refractivity contribution is 6.21. The van der Waals surface area contributed by atoms with E-state index < -0.39 is 11.9 Å². The van der Waals surface area contributed by atoms with E-state index in [0.29, 0.717) is 12.1 Å². The zero-order chi connectivity index (χ0) is 18.0. The third-order valence-corrected chi connectivity index (χ3v) is 4.22. The summed E-state index contributed by atoms with van der Waals surface area (Å²) in [6, 6.07) is 4.46. The molecule has 0 saturated heterocycles. The first-order chi connectivity index (χ1) is 12.0. The summed E-state index contributed by atoms with van der Waals surface area (Å²) in [5.74, 6) is -1.76. The van der Waals surface area contributed by atoms with Gasteiger partial charge in [0.1, 0.15) is 0 Å². The average Bonchev–Trinajstić information content (AvgIpc) is 3.39. The fraction of sp³-hybridized carbons (Fsp3) is 0.444. The Hall–Kier alpha value is -2.70. The molecular formula is C18H20N2O5. The molecule has 2 aliphatic rings. The lowest BCUT2D eigenvalue weighted by Crippen LogP contribution is -2.30. The number of ether oxygens (including phenoxy) is 1. The van der Waals surface area contributed by atoms with Crippen molar-refractivity contribution in [2.45, 2.75) is 38.6 Å². The predicted octanol–water partition coefficient (Wildman–Crippen LogP) is 1.52. The number of hydrogen-bond donors (Lipinski definition) is 1. The molecule has 7 heteroatoms. The number of imide groups is 1. The molecule has 1 heterocycles. The van der Waals surface area contributed by atoms with E-state index >= 15 is 0 Å². The van der Waals surface area contributed by atoms with Gasteiger partial charge < -0.3 is 10.1 Å². The largest absolute Gasteiger partial charge is 0.452 e. The Morgan fingerprint density at radius 2 is 1.92 bits per heavy atom. The molecule has 25 heavy (non-hydrogen) atoms. The van der Waals surface area contributed by atoms with Gasteiger partial charge in [-0.3, -0.25) is 19.3 Å². The lowest BCUT2D eigenvalue weighted by atomic mass is 10.1. The van der Waals surface area contributed by atoms with Gasteiger partial charge in [-0.1, -0.05) is 13.3 Å². The fourth-order valence-electron chi connectivity index (χ4n) is 2.65. The first kappa shape index (κ1) is 17.1. The zero-order valence-electron chi connectivity index (χ0n) is 14.0. The first-order valence-electron chi connectivity index (χ1n) is 8.48. The summed E-state index contributed by atoms with van der Waals surface area (Å²) in [5, 5.41) is 2.72. The van der Waals surface area contributed by atoms with Crippen molar-refractivity contribution >= 4 is 23.7 Å². The van der Waals surface area contributed by atoms with Crippen molar-refractivity contribution in [3.8, 4) is 0 Å². The Morgan fingerprint density at radius 3 is 2.60 bits per heavy atom. The summed E-state index contributed by atoms with van der Waals surface area (Å²) in [6.07, 6.45) is 3.51. The van der Waals surface area contributed by atoms with E-state index in [1.54, 1.807) is 0 Å². The summed E-state index contributed by atoms with van der Waals surface area (Å²) >= 11 is 0. The highest BCUT2D eigenvalue weighted by Gasteiger charge is 2.35. The molecule has 1 aliphatic heterocycles. The number of benzene rings is 1. The smallest absolute Gasteiger partial charge is 0.338 e. The van der Waals surface area contributed by atoms with Gasteiger partial charge in [-0.25, -0.2) is 4.79 Å². The molecule has 1 aliphatic carbocycles. The molecular weight excluding hydrogens is 324 g/mol. The first-order valence-corrected chi connectivity index (χ1v) is 8.48. The molecule has 1 N–H and O–H groups in total. The minimum Gasteiger partial charge on any atom is -0.452 e. The minimum atomic E-state index is -0.694. The van der Waals surface area contributed by atoms with Crippen molar-refractivity contribution in [3.05, 3.63) is 34.9 Å². The van der Waals surface area contributed by atoms with Gasteiger partial charge in [0.05, 0.1) is 16.7 Å². The van der Waals surface area contributed by atoms with Gasteiger partial charge in [0.15, 0.2) is 6.61 Å². The highest BCUT2D eigenvalue weighted by atomic mass is 16.5. The number of esters is 1. The summed E-state index contributed by atoms with van der Waals surface area (Å²) in [5.41, 5.74) is 0.651. The van der Waals surface area contributed by atoms with Crippen LogP contribution in [-0.4, -0.2) is 47.8 Å². The Kier molecular flexibility index (Phi) is 4.83. The number of nitrogens with one attached hydrogen (secondary N) is 1. The van der Waals surface area contributed by atoms with Crippen LogP contribution in [0.4, 0.5) is 0 Å². The third-order valence-electron chi connectivity index (χ3n) is 4.22. The SMILES string of the molecule is CCCCN1C(=O)c2ccc(C(=O)OCC(=O)NC3CC3)cc2C1=O.